The Morgan fingerprint density at radius 3 is 1.78 bits per heavy atom. The van der Waals surface area contributed by atoms with Crippen molar-refractivity contribution in [1.82, 2.24) is 0 Å². The van der Waals surface area contributed by atoms with E-state index < -0.39 is 10.1 Å². The molecule has 0 fully saturated rings. The molecular formula is C3H8Na2O3S. The van der Waals surface area contributed by atoms with Crippen LogP contribution in [0.25, 0.3) is 0 Å². The summed E-state index contributed by atoms with van der Waals surface area (Å²) in [5, 5.41) is 0.715. The fourth-order valence-corrected chi connectivity index (χ4v) is 0.516. The van der Waals surface area contributed by atoms with Gasteiger partial charge in [0, 0.05) is 0 Å². The molecule has 0 amide bonds. The molecule has 0 aromatic heterocycles. The van der Waals surface area contributed by atoms with Crippen LogP contribution >= 0.6 is 0 Å². The Hall–Kier alpha value is 1.65. The summed E-state index contributed by atoms with van der Waals surface area (Å²) in [6, 6.07) is 0. The summed E-state index contributed by atoms with van der Waals surface area (Å²) >= 11 is 0. The molecule has 0 aromatic rings. The van der Waals surface area contributed by atoms with Gasteiger partial charge in [-0.15, -0.1) is 0 Å². The Labute approximate surface area is 102 Å². The van der Waals surface area contributed by atoms with E-state index in [1.54, 1.807) is 0 Å². The second kappa shape index (κ2) is 7.75. The second-order valence-corrected chi connectivity index (χ2v) is 2.29. The van der Waals surface area contributed by atoms with Gasteiger partial charge in [0.15, 0.2) is 0 Å². The quantitative estimate of drug-likeness (QED) is 0.316. The summed E-state index contributed by atoms with van der Waals surface area (Å²) in [5.74, 6) is 0. The van der Waals surface area contributed by atoms with Crippen molar-refractivity contribution >= 4 is 10.1 Å². The molecule has 0 spiro atoms. The smallest absolute Gasteiger partial charge is 1.00 e. The van der Waals surface area contributed by atoms with E-state index in [1.807, 2.05) is 0 Å². The fourth-order valence-electron chi connectivity index (χ4n) is 0.172. The number of rotatable bonds is 1. The normalized spacial score (nSPS) is 10.0. The maximum atomic E-state index is 9.70. The molecule has 3 nitrogen and oxygen atoms in total. The van der Waals surface area contributed by atoms with Crippen LogP contribution < -0.4 is 59.1 Å². The predicted octanol–water partition coefficient (Wildman–Crippen LogP) is -5.36. The van der Waals surface area contributed by atoms with Gasteiger partial charge < -0.3 is 2.85 Å². The largest absolute Gasteiger partial charge is 1.00 e. The van der Waals surface area contributed by atoms with Crippen molar-refractivity contribution in [2.24, 2.45) is 0 Å². The minimum atomic E-state index is -3.85. The predicted molar refractivity (Wildman–Crippen MR) is 28.6 cm³/mol. The van der Waals surface area contributed by atoms with Crippen molar-refractivity contribution in [3.63, 3.8) is 0 Å². The molecule has 46 valence electrons. The zero-order valence-corrected chi connectivity index (χ0v) is 10.6. The summed E-state index contributed by atoms with van der Waals surface area (Å²) < 4.78 is 27.3. The molecule has 0 saturated heterocycles. The molecule has 0 aliphatic rings. The van der Waals surface area contributed by atoms with E-state index in [0.29, 0.717) is 5.41 Å². The van der Waals surface area contributed by atoms with Gasteiger partial charge in [0.1, 0.15) is 0 Å². The first-order valence-corrected chi connectivity index (χ1v) is 3.17. The third-order valence-corrected chi connectivity index (χ3v) is 0.924. The molecule has 0 aromatic carbocycles. The fraction of sp³-hybridized carbons (Fsp3) is 0.333. The molecule has 6 heteroatoms. The maximum absolute atomic E-state index is 9.70. The average Bonchev–Trinajstić information content (AvgIpc) is 1.30. The van der Waals surface area contributed by atoms with Gasteiger partial charge in [0.25, 0.3) is 10.1 Å². The molecule has 0 unspecified atom stereocenters. The molecule has 0 saturated carbocycles. The van der Waals surface area contributed by atoms with Crippen molar-refractivity contribution in [3.8, 4) is 0 Å². The SMILES string of the molecule is CC=CS(=O)(=O)O.[H-].[H-].[Na+].[Na+]. The Bertz CT molecular complexity index is 167. The Morgan fingerprint density at radius 2 is 1.78 bits per heavy atom. The minimum absolute atomic E-state index is 0. The Balaban J connectivity index is -0.0000000300. The van der Waals surface area contributed by atoms with Crippen LogP contribution in [-0.2, 0) is 10.1 Å². The van der Waals surface area contributed by atoms with E-state index in [2.05, 4.69) is 0 Å². The van der Waals surface area contributed by atoms with Crippen LogP contribution in [0, 0.1) is 0 Å². The zero-order chi connectivity index (χ0) is 5.91. The van der Waals surface area contributed by atoms with E-state index in [4.69, 9.17) is 4.55 Å². The van der Waals surface area contributed by atoms with E-state index >= 15 is 0 Å². The molecule has 0 atom stereocenters. The van der Waals surface area contributed by atoms with Crippen molar-refractivity contribution in [2.75, 3.05) is 0 Å². The van der Waals surface area contributed by atoms with Crippen LogP contribution in [0.4, 0.5) is 0 Å². The number of hydrogen-bond donors (Lipinski definition) is 1. The minimum Gasteiger partial charge on any atom is -1.00 e. The van der Waals surface area contributed by atoms with Gasteiger partial charge in [-0.05, 0) is 6.92 Å². The van der Waals surface area contributed by atoms with Crippen molar-refractivity contribution in [2.45, 2.75) is 6.92 Å². The van der Waals surface area contributed by atoms with E-state index in [9.17, 15) is 8.42 Å². The van der Waals surface area contributed by atoms with Gasteiger partial charge in [-0.25, -0.2) is 0 Å². The number of hydrogen-bond acceptors (Lipinski definition) is 2. The monoisotopic (exact) mass is 170 g/mol. The summed E-state index contributed by atoms with van der Waals surface area (Å²) in [7, 11) is -3.85. The molecule has 0 bridgehead atoms. The average molecular weight is 170 g/mol. The van der Waals surface area contributed by atoms with Crippen molar-refractivity contribution < 1.29 is 74.9 Å². The Kier molecular flexibility index (Phi) is 14.6. The Morgan fingerprint density at radius 1 is 1.44 bits per heavy atom. The van der Waals surface area contributed by atoms with Gasteiger partial charge in [-0.2, -0.15) is 8.42 Å². The molecule has 0 heterocycles. The first kappa shape index (κ1) is 16.9. The van der Waals surface area contributed by atoms with Crippen LogP contribution in [0.2, 0.25) is 0 Å². The topological polar surface area (TPSA) is 54.4 Å². The van der Waals surface area contributed by atoms with E-state index in [-0.39, 0.29) is 62.0 Å². The molecular weight excluding hydrogens is 162 g/mol. The van der Waals surface area contributed by atoms with Crippen LogP contribution in [0.5, 0.6) is 0 Å². The summed E-state index contributed by atoms with van der Waals surface area (Å²) in [4.78, 5) is 0. The summed E-state index contributed by atoms with van der Waals surface area (Å²) in [6.45, 7) is 1.51. The van der Waals surface area contributed by atoms with Crippen LogP contribution in [0.3, 0.4) is 0 Å². The van der Waals surface area contributed by atoms with Gasteiger partial charge in [0.2, 0.25) is 0 Å². The van der Waals surface area contributed by atoms with Crippen LogP contribution in [-0.4, -0.2) is 13.0 Å². The van der Waals surface area contributed by atoms with Gasteiger partial charge in [-0.3, -0.25) is 4.55 Å². The molecule has 0 radical (unpaired) electrons. The van der Waals surface area contributed by atoms with Crippen LogP contribution in [0.1, 0.15) is 9.78 Å². The first-order chi connectivity index (χ1) is 3.06. The van der Waals surface area contributed by atoms with E-state index in [0.717, 1.165) is 0 Å². The third-order valence-electron chi connectivity index (χ3n) is 0.308. The molecule has 0 aliphatic carbocycles. The standard InChI is InChI=1S/C3H6O3S.2Na.2H/c1-2-3-7(4,5)6;;;;/h2-3H,1H3,(H,4,5,6);;;;/q;2*+1;2*-1. The van der Waals surface area contributed by atoms with Crippen molar-refractivity contribution in [3.05, 3.63) is 11.5 Å². The summed E-state index contributed by atoms with van der Waals surface area (Å²) in [6.07, 6.45) is 1.25. The molecule has 9 heavy (non-hydrogen) atoms. The van der Waals surface area contributed by atoms with Gasteiger partial charge in [-0.1, -0.05) is 6.08 Å². The first-order valence-electron chi connectivity index (χ1n) is 1.66. The third kappa shape index (κ3) is 17.7. The van der Waals surface area contributed by atoms with E-state index in [1.165, 1.54) is 13.0 Å². The number of allylic oxidation sites excluding steroid dienone is 1. The molecule has 0 aliphatic heterocycles. The van der Waals surface area contributed by atoms with Crippen LogP contribution in [0.15, 0.2) is 11.5 Å². The second-order valence-electron chi connectivity index (χ2n) is 0.984. The van der Waals surface area contributed by atoms with Crippen molar-refractivity contribution in [1.29, 1.82) is 0 Å². The zero-order valence-electron chi connectivity index (χ0n) is 7.83. The molecule has 0 rings (SSSR count). The molecule has 1 N–H and O–H groups in total. The summed E-state index contributed by atoms with van der Waals surface area (Å²) in [5.41, 5.74) is 0. The van der Waals surface area contributed by atoms with Gasteiger partial charge >= 0.3 is 59.1 Å². The maximum Gasteiger partial charge on any atom is 1.00 e. The van der Waals surface area contributed by atoms with Gasteiger partial charge in [0.05, 0.1) is 5.41 Å².